The molecule has 13 heavy (non-hydrogen) atoms. The first kappa shape index (κ1) is 13.7. The first-order valence-electron chi connectivity index (χ1n) is 5.47. The quantitative estimate of drug-likeness (QED) is 0.425. The molecule has 0 rings (SSSR count). The van der Waals surface area contributed by atoms with Crippen LogP contribution in [0.2, 0.25) is 0 Å². The molecule has 1 atom stereocenters. The van der Waals surface area contributed by atoms with E-state index in [0.29, 0.717) is 0 Å². The van der Waals surface area contributed by atoms with Crippen molar-refractivity contribution >= 4 is 19.3 Å². The van der Waals surface area contributed by atoms with Crippen molar-refractivity contribution in [3.8, 4) is 0 Å². The minimum Gasteiger partial charge on any atom is -0.277 e. The molecule has 0 fully saturated rings. The molecule has 0 aliphatic rings. The van der Waals surface area contributed by atoms with Crippen molar-refractivity contribution in [3.05, 3.63) is 0 Å². The summed E-state index contributed by atoms with van der Waals surface area (Å²) in [4.78, 5) is 0. The van der Waals surface area contributed by atoms with Crippen molar-refractivity contribution in [1.29, 1.82) is 0 Å². The van der Waals surface area contributed by atoms with E-state index >= 15 is 0 Å². The molecular formula is C10H24NPS. The summed E-state index contributed by atoms with van der Waals surface area (Å²) in [7, 11) is 0.985. The minimum absolute atomic E-state index is 0.985. The maximum absolute atomic E-state index is 2.50. The maximum atomic E-state index is 2.50. The highest BCUT2D eigenvalue weighted by atomic mass is 32.7. The third-order valence-electron chi connectivity index (χ3n) is 2.06. The van der Waals surface area contributed by atoms with E-state index in [1.165, 1.54) is 44.5 Å². The van der Waals surface area contributed by atoms with Crippen LogP contribution in [-0.2, 0) is 0 Å². The zero-order chi connectivity index (χ0) is 9.94. The van der Waals surface area contributed by atoms with E-state index < -0.39 is 0 Å². The molecule has 0 saturated heterocycles. The second kappa shape index (κ2) is 10.8. The second-order valence-electron chi connectivity index (χ2n) is 3.17. The smallest absolute Gasteiger partial charge is 0.01000 e. The monoisotopic (exact) mass is 221 g/mol. The minimum atomic E-state index is 0.985. The largest absolute Gasteiger partial charge is 0.277 e. The predicted octanol–water partition coefficient (Wildman–Crippen LogP) is 4.15. The van der Waals surface area contributed by atoms with Gasteiger partial charge in [-0.05, 0) is 25.3 Å². The molecule has 0 heterocycles. The Morgan fingerprint density at radius 2 is 1.69 bits per heavy atom. The lowest BCUT2D eigenvalue weighted by Gasteiger charge is -2.16. The number of unbranched alkanes of at least 4 members (excludes halogenated alkanes) is 3. The molecule has 0 aromatic rings. The summed E-state index contributed by atoms with van der Waals surface area (Å²) < 4.78 is 2.50. The van der Waals surface area contributed by atoms with Gasteiger partial charge in [-0.2, -0.15) is 0 Å². The molecule has 0 aromatic heterocycles. The van der Waals surface area contributed by atoms with Crippen molar-refractivity contribution in [2.24, 2.45) is 0 Å². The standard InChI is InChI=1S/C10H24NPS/c1-4-7-8-9-10-13-12-11(5-2)6-3/h12H,4-10H2,1-3H3. The topological polar surface area (TPSA) is 3.24 Å². The Kier molecular flexibility index (Phi) is 11.4. The lowest BCUT2D eigenvalue weighted by atomic mass is 10.2. The number of hydrogen-bond acceptors (Lipinski definition) is 2. The molecule has 0 aliphatic heterocycles. The third-order valence-corrected chi connectivity index (χ3v) is 5.34. The summed E-state index contributed by atoms with van der Waals surface area (Å²) in [5.41, 5.74) is 0. The van der Waals surface area contributed by atoms with Crippen LogP contribution in [0.1, 0.15) is 46.5 Å². The second-order valence-corrected chi connectivity index (χ2v) is 6.10. The molecule has 0 saturated carbocycles. The normalized spacial score (nSPS) is 12.0. The Morgan fingerprint density at radius 1 is 1.00 bits per heavy atom. The van der Waals surface area contributed by atoms with E-state index in [1.54, 1.807) is 0 Å². The van der Waals surface area contributed by atoms with E-state index in [0.717, 1.165) is 7.93 Å². The van der Waals surface area contributed by atoms with Gasteiger partial charge in [-0.3, -0.25) is 4.67 Å². The molecule has 0 spiro atoms. The average molecular weight is 221 g/mol. The van der Waals surface area contributed by atoms with Crippen LogP contribution in [0.4, 0.5) is 0 Å². The van der Waals surface area contributed by atoms with Crippen molar-refractivity contribution in [3.63, 3.8) is 0 Å². The fourth-order valence-corrected chi connectivity index (χ4v) is 4.00. The molecule has 1 unspecified atom stereocenters. The fraction of sp³-hybridized carbons (Fsp3) is 1.00. The van der Waals surface area contributed by atoms with Crippen molar-refractivity contribution in [1.82, 2.24) is 4.67 Å². The summed E-state index contributed by atoms with van der Waals surface area (Å²) in [6.45, 7) is 9.17. The summed E-state index contributed by atoms with van der Waals surface area (Å²) in [5, 5.41) is 0. The van der Waals surface area contributed by atoms with E-state index in [1.807, 2.05) is 0 Å². The zero-order valence-corrected chi connectivity index (χ0v) is 11.1. The van der Waals surface area contributed by atoms with Gasteiger partial charge in [0.1, 0.15) is 0 Å². The molecule has 80 valence electrons. The number of nitrogens with zero attached hydrogens (tertiary/aromatic N) is 1. The Morgan fingerprint density at radius 3 is 2.23 bits per heavy atom. The van der Waals surface area contributed by atoms with Gasteiger partial charge in [0.2, 0.25) is 0 Å². The first-order valence-corrected chi connectivity index (χ1v) is 8.13. The van der Waals surface area contributed by atoms with Crippen LogP contribution < -0.4 is 0 Å². The van der Waals surface area contributed by atoms with Crippen LogP contribution in [0.25, 0.3) is 0 Å². The summed E-state index contributed by atoms with van der Waals surface area (Å²) >= 11 is 2.11. The van der Waals surface area contributed by atoms with Gasteiger partial charge in [0.15, 0.2) is 0 Å². The molecule has 0 radical (unpaired) electrons. The number of rotatable bonds is 9. The van der Waals surface area contributed by atoms with Gasteiger partial charge in [0, 0.05) is 7.93 Å². The van der Waals surface area contributed by atoms with E-state index in [9.17, 15) is 0 Å². The van der Waals surface area contributed by atoms with Gasteiger partial charge >= 0.3 is 0 Å². The average Bonchev–Trinajstić information content (AvgIpc) is 2.17. The fourth-order valence-electron chi connectivity index (χ4n) is 1.09. The van der Waals surface area contributed by atoms with Crippen molar-refractivity contribution in [2.45, 2.75) is 46.5 Å². The Hall–Kier alpha value is 0.740. The summed E-state index contributed by atoms with van der Waals surface area (Å²) in [6, 6.07) is 0. The molecule has 0 aliphatic carbocycles. The number of hydrogen-bond donors (Lipinski definition) is 0. The van der Waals surface area contributed by atoms with Gasteiger partial charge < -0.3 is 0 Å². The highest BCUT2D eigenvalue weighted by Gasteiger charge is 1.97. The first-order chi connectivity index (χ1) is 6.35. The molecule has 0 aromatic carbocycles. The predicted molar refractivity (Wildman–Crippen MR) is 67.8 cm³/mol. The van der Waals surface area contributed by atoms with Crippen LogP contribution in [0.3, 0.4) is 0 Å². The van der Waals surface area contributed by atoms with Crippen molar-refractivity contribution in [2.75, 3.05) is 18.8 Å². The van der Waals surface area contributed by atoms with E-state index in [-0.39, 0.29) is 0 Å². The summed E-state index contributed by atoms with van der Waals surface area (Å²) in [5.74, 6) is 1.36. The van der Waals surface area contributed by atoms with Crippen LogP contribution in [0.15, 0.2) is 0 Å². The lowest BCUT2D eigenvalue weighted by Crippen LogP contribution is -2.10. The van der Waals surface area contributed by atoms with Gasteiger partial charge in [-0.25, -0.2) is 0 Å². The van der Waals surface area contributed by atoms with Crippen LogP contribution in [0.5, 0.6) is 0 Å². The Balaban J connectivity index is 3.05. The van der Waals surface area contributed by atoms with E-state index in [4.69, 9.17) is 0 Å². The lowest BCUT2D eigenvalue weighted by molar-refractivity contribution is 0.522. The van der Waals surface area contributed by atoms with Crippen molar-refractivity contribution < 1.29 is 0 Å². The highest BCUT2D eigenvalue weighted by molar-refractivity contribution is 8.48. The van der Waals surface area contributed by atoms with Crippen LogP contribution in [0, 0.1) is 0 Å². The van der Waals surface area contributed by atoms with Gasteiger partial charge in [0.05, 0.1) is 0 Å². The highest BCUT2D eigenvalue weighted by Crippen LogP contribution is 2.33. The zero-order valence-electron chi connectivity index (χ0n) is 9.31. The SMILES string of the molecule is CCCCCCSPN(CC)CC. The molecule has 3 heteroatoms. The van der Waals surface area contributed by atoms with Crippen LogP contribution >= 0.6 is 19.3 Å². The molecule has 0 amide bonds. The van der Waals surface area contributed by atoms with Gasteiger partial charge in [-0.15, -0.1) is 11.4 Å². The Labute approximate surface area is 89.6 Å². The molecule has 0 N–H and O–H groups in total. The van der Waals surface area contributed by atoms with E-state index in [2.05, 4.69) is 36.8 Å². The maximum Gasteiger partial charge on any atom is 0.01000 e. The van der Waals surface area contributed by atoms with Crippen LogP contribution in [-0.4, -0.2) is 23.5 Å². The van der Waals surface area contributed by atoms with Gasteiger partial charge in [-0.1, -0.05) is 40.0 Å². The third kappa shape index (κ3) is 9.05. The Bertz CT molecular complexity index is 96.9. The molecule has 1 nitrogen and oxygen atoms in total. The summed E-state index contributed by atoms with van der Waals surface area (Å²) in [6.07, 6.45) is 5.59. The molecular weight excluding hydrogens is 197 g/mol. The van der Waals surface area contributed by atoms with Gasteiger partial charge in [0.25, 0.3) is 0 Å². The molecule has 0 bridgehead atoms.